The monoisotopic (exact) mass is 616 g/mol. The molecule has 4 nitrogen and oxygen atoms in total. The van der Waals surface area contributed by atoms with Crippen molar-refractivity contribution in [2.24, 2.45) is 5.92 Å². The Labute approximate surface area is 274 Å². The van der Waals surface area contributed by atoms with Crippen LogP contribution in [0.5, 0.6) is 0 Å². The van der Waals surface area contributed by atoms with E-state index in [1.165, 1.54) is 89.9 Å². The third-order valence-corrected chi connectivity index (χ3v) is 9.03. The summed E-state index contributed by atoms with van der Waals surface area (Å²) in [5.74, 6) is 0.433. The summed E-state index contributed by atoms with van der Waals surface area (Å²) in [5, 5.41) is 9.51. The number of esters is 1. The number of nitrogens with zero attached hydrogens (tertiary/aromatic N) is 1. The number of carbonyl (C=O) groups excluding carboxylic acids is 1. The molecule has 0 amide bonds. The first-order valence-corrected chi connectivity index (χ1v) is 19.1. The molecule has 1 saturated heterocycles. The van der Waals surface area contributed by atoms with Crippen LogP contribution in [0.25, 0.3) is 0 Å². The minimum absolute atomic E-state index is 0.00890. The molecule has 1 heterocycles. The zero-order chi connectivity index (χ0) is 31.9. The van der Waals surface area contributed by atoms with Crippen LogP contribution < -0.4 is 0 Å². The molecule has 0 bridgehead atoms. The maximum Gasteiger partial charge on any atom is 0.306 e. The molecule has 1 unspecified atom stereocenters. The number of aliphatic hydroxyl groups excluding tert-OH is 1. The largest absolute Gasteiger partial charge is 0.462 e. The van der Waals surface area contributed by atoms with Gasteiger partial charge in [0, 0.05) is 19.5 Å². The van der Waals surface area contributed by atoms with Crippen molar-refractivity contribution >= 4 is 5.97 Å². The Morgan fingerprint density at radius 3 is 1.50 bits per heavy atom. The lowest BCUT2D eigenvalue weighted by atomic mass is 9.87. The number of unbranched alkanes of at least 4 members (excludes halogenated alkanes) is 13. The van der Waals surface area contributed by atoms with Crippen LogP contribution >= 0.6 is 0 Å². The second-order valence-electron chi connectivity index (χ2n) is 13.4. The summed E-state index contributed by atoms with van der Waals surface area (Å²) in [6.07, 6.45) is 41.8. The third-order valence-electron chi connectivity index (χ3n) is 9.03. The summed E-state index contributed by atoms with van der Waals surface area (Å²) in [6, 6.07) is 0. The molecule has 256 valence electrons. The molecule has 0 aromatic carbocycles. The van der Waals surface area contributed by atoms with Crippen LogP contribution in [-0.4, -0.2) is 47.8 Å². The van der Waals surface area contributed by atoms with E-state index in [9.17, 15) is 9.90 Å². The number of β-amino-alcohol motifs (C(OH)–C–C–N with tert-alkyl or cyclic N) is 1. The molecule has 44 heavy (non-hydrogen) atoms. The molecule has 1 N–H and O–H groups in total. The molecule has 0 saturated carbocycles. The molecular weight excluding hydrogens is 542 g/mol. The van der Waals surface area contributed by atoms with Gasteiger partial charge in [-0.2, -0.15) is 0 Å². The Hall–Kier alpha value is -1.39. The van der Waals surface area contributed by atoms with Crippen LogP contribution in [0.1, 0.15) is 175 Å². The molecule has 1 aliphatic rings. The normalized spacial score (nSPS) is 15.3. The predicted octanol–water partition coefficient (Wildman–Crippen LogP) is 11.3. The Kier molecular flexibility index (Phi) is 28.0. The lowest BCUT2D eigenvalue weighted by Gasteiger charge is -2.35. The molecule has 1 aliphatic heterocycles. The standard InChI is InChI=1S/C40H73NO3/c1-4-7-10-13-16-19-22-25-30-37(31-26-23-20-17-14-11-8-5-2)39(32-27-24-21-18-15-12-9-6-3)44-40(43)33-28-29-34-41-35-38(42)36-41/h16-21,37-39,42H,4-15,22-36H2,1-3H3/b19-16-,20-17-,21-18-. The highest BCUT2D eigenvalue weighted by atomic mass is 16.5. The first-order valence-electron chi connectivity index (χ1n) is 19.1. The number of ether oxygens (including phenoxy) is 1. The van der Waals surface area contributed by atoms with E-state index in [1.54, 1.807) is 0 Å². The van der Waals surface area contributed by atoms with Crippen LogP contribution in [0.4, 0.5) is 0 Å². The molecule has 0 radical (unpaired) electrons. The van der Waals surface area contributed by atoms with Gasteiger partial charge in [0.1, 0.15) is 6.10 Å². The van der Waals surface area contributed by atoms with Crippen molar-refractivity contribution in [2.75, 3.05) is 19.6 Å². The van der Waals surface area contributed by atoms with Crippen molar-refractivity contribution in [1.82, 2.24) is 4.90 Å². The van der Waals surface area contributed by atoms with Gasteiger partial charge in [0.2, 0.25) is 0 Å². The van der Waals surface area contributed by atoms with Crippen molar-refractivity contribution < 1.29 is 14.6 Å². The minimum Gasteiger partial charge on any atom is -0.462 e. The second-order valence-corrected chi connectivity index (χ2v) is 13.4. The molecule has 0 aromatic heterocycles. The average Bonchev–Trinajstić information content (AvgIpc) is 3.00. The summed E-state index contributed by atoms with van der Waals surface area (Å²) in [5.41, 5.74) is 0. The van der Waals surface area contributed by atoms with Crippen molar-refractivity contribution in [2.45, 2.75) is 187 Å². The van der Waals surface area contributed by atoms with Crippen molar-refractivity contribution in [1.29, 1.82) is 0 Å². The van der Waals surface area contributed by atoms with E-state index < -0.39 is 0 Å². The maximum absolute atomic E-state index is 13.1. The third kappa shape index (κ3) is 23.9. The Bertz CT molecular complexity index is 698. The van der Waals surface area contributed by atoms with Crippen molar-refractivity contribution in [3.05, 3.63) is 36.5 Å². The van der Waals surface area contributed by atoms with Gasteiger partial charge < -0.3 is 9.84 Å². The molecule has 4 heteroatoms. The van der Waals surface area contributed by atoms with Crippen molar-refractivity contribution in [3.63, 3.8) is 0 Å². The molecule has 1 atom stereocenters. The van der Waals surface area contributed by atoms with E-state index in [0.29, 0.717) is 12.3 Å². The van der Waals surface area contributed by atoms with E-state index in [1.807, 2.05) is 0 Å². The lowest BCUT2D eigenvalue weighted by Crippen LogP contribution is -2.50. The zero-order valence-corrected chi connectivity index (χ0v) is 29.5. The number of carbonyl (C=O) groups is 1. The highest BCUT2D eigenvalue weighted by molar-refractivity contribution is 5.69. The number of hydrogen-bond donors (Lipinski definition) is 1. The number of likely N-dealkylation sites (tertiary alicyclic amines) is 1. The smallest absolute Gasteiger partial charge is 0.306 e. The van der Waals surface area contributed by atoms with Crippen LogP contribution in [0.3, 0.4) is 0 Å². The van der Waals surface area contributed by atoms with E-state index in [4.69, 9.17) is 4.74 Å². The topological polar surface area (TPSA) is 49.8 Å². The fraction of sp³-hybridized carbons (Fsp3) is 0.825. The summed E-state index contributed by atoms with van der Waals surface area (Å²) in [7, 11) is 0. The van der Waals surface area contributed by atoms with Gasteiger partial charge >= 0.3 is 5.97 Å². The van der Waals surface area contributed by atoms with Gasteiger partial charge in [-0.3, -0.25) is 9.69 Å². The zero-order valence-electron chi connectivity index (χ0n) is 29.5. The van der Waals surface area contributed by atoms with Gasteiger partial charge in [-0.1, -0.05) is 95.8 Å². The molecular formula is C40H73NO3. The molecule has 0 aliphatic carbocycles. The Morgan fingerprint density at radius 1 is 0.636 bits per heavy atom. The summed E-state index contributed by atoms with van der Waals surface area (Å²) in [4.78, 5) is 15.3. The van der Waals surface area contributed by atoms with Crippen LogP contribution in [0.15, 0.2) is 36.5 Å². The molecule has 1 rings (SSSR count). The first kappa shape index (κ1) is 40.6. The SMILES string of the molecule is CCCCC/C=C\CCCC(CCC/C=C\CCCCC)C(CCC/C=C\CCCCC)OC(=O)CCCCN1CC(O)C1. The van der Waals surface area contributed by atoms with E-state index in [2.05, 4.69) is 62.1 Å². The molecule has 1 fully saturated rings. The Balaban J connectivity index is 2.69. The summed E-state index contributed by atoms with van der Waals surface area (Å²) in [6.45, 7) is 9.32. The van der Waals surface area contributed by atoms with E-state index >= 15 is 0 Å². The molecule has 0 spiro atoms. The van der Waals surface area contributed by atoms with Crippen molar-refractivity contribution in [3.8, 4) is 0 Å². The highest BCUT2D eigenvalue weighted by Gasteiger charge is 2.25. The van der Waals surface area contributed by atoms with Crippen LogP contribution in [0, 0.1) is 5.92 Å². The van der Waals surface area contributed by atoms with Gasteiger partial charge in [-0.25, -0.2) is 0 Å². The second kappa shape index (κ2) is 30.3. The Morgan fingerprint density at radius 2 is 1.07 bits per heavy atom. The minimum atomic E-state index is -0.156. The lowest BCUT2D eigenvalue weighted by molar-refractivity contribution is -0.153. The van der Waals surface area contributed by atoms with E-state index in [0.717, 1.165) is 77.4 Å². The van der Waals surface area contributed by atoms with Gasteiger partial charge in [0.25, 0.3) is 0 Å². The average molecular weight is 616 g/mol. The van der Waals surface area contributed by atoms with Crippen LogP contribution in [-0.2, 0) is 9.53 Å². The number of rotatable bonds is 31. The number of allylic oxidation sites excluding steroid dienone is 6. The number of hydrogen-bond acceptors (Lipinski definition) is 4. The van der Waals surface area contributed by atoms with E-state index in [-0.39, 0.29) is 18.2 Å². The maximum atomic E-state index is 13.1. The summed E-state index contributed by atoms with van der Waals surface area (Å²) >= 11 is 0. The quantitative estimate of drug-likeness (QED) is 0.0479. The number of aliphatic hydroxyl groups is 1. The first-order chi connectivity index (χ1) is 21.6. The van der Waals surface area contributed by atoms with Gasteiger partial charge in [-0.05, 0) is 122 Å². The highest BCUT2D eigenvalue weighted by Crippen LogP contribution is 2.27. The van der Waals surface area contributed by atoms with Crippen LogP contribution in [0.2, 0.25) is 0 Å². The fourth-order valence-electron chi connectivity index (χ4n) is 6.14. The van der Waals surface area contributed by atoms with Gasteiger partial charge in [0.15, 0.2) is 0 Å². The van der Waals surface area contributed by atoms with Gasteiger partial charge in [0.05, 0.1) is 6.10 Å². The van der Waals surface area contributed by atoms with Gasteiger partial charge in [-0.15, -0.1) is 0 Å². The fourth-order valence-corrected chi connectivity index (χ4v) is 6.14. The predicted molar refractivity (Wildman–Crippen MR) is 191 cm³/mol. The summed E-state index contributed by atoms with van der Waals surface area (Å²) < 4.78 is 6.33. The molecule has 0 aromatic rings.